The zero-order valence-electron chi connectivity index (χ0n) is 18.7. The quantitative estimate of drug-likeness (QED) is 0.294. The lowest BCUT2D eigenvalue weighted by Gasteiger charge is -2.16. The molecule has 36 heavy (non-hydrogen) atoms. The summed E-state index contributed by atoms with van der Waals surface area (Å²) in [4.78, 5) is 11.4. The van der Waals surface area contributed by atoms with Gasteiger partial charge in [-0.25, -0.2) is 8.78 Å². The Balaban J connectivity index is 1.52. The number of oxazole rings is 2. The van der Waals surface area contributed by atoms with Crippen molar-refractivity contribution in [2.75, 3.05) is 11.4 Å². The number of fused-ring (bicyclic) bond motifs is 2. The van der Waals surface area contributed by atoms with Gasteiger partial charge >= 0.3 is 11.7 Å². The van der Waals surface area contributed by atoms with Crippen molar-refractivity contribution in [1.29, 1.82) is 0 Å². The summed E-state index contributed by atoms with van der Waals surface area (Å²) in [6, 6.07) is 12.2. The van der Waals surface area contributed by atoms with Gasteiger partial charge in [0.05, 0.1) is 6.20 Å². The van der Waals surface area contributed by atoms with Gasteiger partial charge in [0.2, 0.25) is 5.88 Å². The van der Waals surface area contributed by atoms with E-state index in [9.17, 15) is 8.78 Å². The fourth-order valence-corrected chi connectivity index (χ4v) is 4.45. The Morgan fingerprint density at radius 1 is 0.750 bits per heavy atom. The molecule has 2 aromatic carbocycles. The molecule has 7 nitrogen and oxygen atoms in total. The molecular weight excluding hydrogens is 464 g/mol. The number of rotatable bonds is 4. The molecule has 0 spiro atoms. The van der Waals surface area contributed by atoms with Crippen molar-refractivity contribution in [3.05, 3.63) is 103 Å². The van der Waals surface area contributed by atoms with Gasteiger partial charge < -0.3 is 13.7 Å². The third-order valence-corrected chi connectivity index (χ3v) is 6.13. The van der Waals surface area contributed by atoms with Crippen LogP contribution in [0, 0.1) is 11.6 Å². The normalized spacial score (nSPS) is 13.4. The highest BCUT2D eigenvalue weighted by atomic mass is 19.1. The first kappa shape index (κ1) is 20.5. The molecule has 4 aromatic heterocycles. The van der Waals surface area contributed by atoms with Crippen molar-refractivity contribution in [3.63, 3.8) is 0 Å². The molecule has 1 aliphatic rings. The van der Waals surface area contributed by atoms with Crippen LogP contribution in [0.4, 0.5) is 14.7 Å². The van der Waals surface area contributed by atoms with Crippen LogP contribution in [0.25, 0.3) is 45.6 Å². The highest BCUT2D eigenvalue weighted by Crippen LogP contribution is 2.40. The van der Waals surface area contributed by atoms with E-state index in [4.69, 9.17) is 18.8 Å². The van der Waals surface area contributed by atoms with Gasteiger partial charge in [-0.3, -0.25) is 8.80 Å². The second-order valence-corrected chi connectivity index (χ2v) is 8.33. The number of anilines is 1. The molecule has 0 atom stereocenters. The fourth-order valence-electron chi connectivity index (χ4n) is 4.45. The molecule has 0 saturated carbocycles. The predicted molar refractivity (Wildman–Crippen MR) is 130 cm³/mol. The maximum absolute atomic E-state index is 13.7. The standard InChI is InChI=1S/C27H17F2N5O2/c28-19-8-4-17(5-9-19)22-24(33-14-15-35-26(33)30-22)25-23(18-6-10-20(29)11-7-18)31-27-34(25)16-21(36-27)32-12-2-1-3-13-32/h1-12,14-16H,13H2. The molecule has 9 heteroatoms. The van der Waals surface area contributed by atoms with Crippen LogP contribution >= 0.6 is 0 Å². The molecule has 0 radical (unpaired) electrons. The van der Waals surface area contributed by atoms with Gasteiger partial charge in [0.1, 0.15) is 40.7 Å². The van der Waals surface area contributed by atoms with Crippen molar-refractivity contribution < 1.29 is 17.6 Å². The summed E-state index contributed by atoms with van der Waals surface area (Å²) < 4.78 is 42.9. The van der Waals surface area contributed by atoms with Gasteiger partial charge in [0.25, 0.3) is 0 Å². The molecule has 5 heterocycles. The van der Waals surface area contributed by atoms with Crippen molar-refractivity contribution >= 4 is 17.6 Å². The highest BCUT2D eigenvalue weighted by molar-refractivity contribution is 5.88. The Morgan fingerprint density at radius 2 is 1.39 bits per heavy atom. The lowest BCUT2D eigenvalue weighted by atomic mass is 10.0. The summed E-state index contributed by atoms with van der Waals surface area (Å²) >= 11 is 0. The minimum atomic E-state index is -0.344. The second kappa shape index (κ2) is 7.81. The van der Waals surface area contributed by atoms with E-state index in [0.29, 0.717) is 58.0 Å². The number of imidazole rings is 2. The largest absolute Gasteiger partial charge is 0.432 e. The average Bonchev–Trinajstić information content (AvgIpc) is 3.66. The summed E-state index contributed by atoms with van der Waals surface area (Å²) in [5, 5.41) is 0. The van der Waals surface area contributed by atoms with E-state index >= 15 is 0 Å². The van der Waals surface area contributed by atoms with Crippen molar-refractivity contribution in [2.24, 2.45) is 0 Å². The molecule has 0 aliphatic carbocycles. The van der Waals surface area contributed by atoms with E-state index in [0.717, 1.165) is 0 Å². The molecule has 0 fully saturated rings. The van der Waals surface area contributed by atoms with Gasteiger partial charge in [-0.2, -0.15) is 9.97 Å². The smallest absolute Gasteiger partial charge is 0.308 e. The van der Waals surface area contributed by atoms with Gasteiger partial charge in [-0.1, -0.05) is 12.2 Å². The van der Waals surface area contributed by atoms with Crippen molar-refractivity contribution in [1.82, 2.24) is 18.8 Å². The summed E-state index contributed by atoms with van der Waals surface area (Å²) in [5.41, 5.74) is 3.94. The first-order valence-corrected chi connectivity index (χ1v) is 11.3. The maximum Gasteiger partial charge on any atom is 0.308 e. The molecule has 7 rings (SSSR count). The molecular formula is C27H17F2N5O2. The monoisotopic (exact) mass is 481 g/mol. The van der Waals surface area contributed by atoms with Crippen LogP contribution < -0.4 is 4.90 Å². The molecule has 0 unspecified atom stereocenters. The van der Waals surface area contributed by atoms with Crippen LogP contribution in [0.5, 0.6) is 0 Å². The summed E-state index contributed by atoms with van der Waals surface area (Å²) in [7, 11) is 0. The van der Waals surface area contributed by atoms with Crippen LogP contribution in [-0.4, -0.2) is 25.3 Å². The molecule has 0 N–H and O–H groups in total. The minimum absolute atomic E-state index is 0.343. The molecule has 0 amide bonds. The Morgan fingerprint density at radius 3 is 2.03 bits per heavy atom. The second-order valence-electron chi connectivity index (χ2n) is 8.33. The molecule has 1 aliphatic heterocycles. The number of nitrogens with zero attached hydrogens (tertiary/aromatic N) is 5. The summed E-state index contributed by atoms with van der Waals surface area (Å²) in [6.07, 6.45) is 13.0. The maximum atomic E-state index is 13.7. The zero-order chi connectivity index (χ0) is 24.2. The third-order valence-electron chi connectivity index (χ3n) is 6.13. The lowest BCUT2D eigenvalue weighted by molar-refractivity contribution is 0.592. The Hall–Kier alpha value is -4.92. The van der Waals surface area contributed by atoms with Crippen LogP contribution in [0.1, 0.15) is 0 Å². The van der Waals surface area contributed by atoms with Crippen LogP contribution in [0.3, 0.4) is 0 Å². The Kier molecular flexibility index (Phi) is 4.44. The molecule has 0 bridgehead atoms. The number of halogens is 2. The minimum Gasteiger partial charge on any atom is -0.432 e. The van der Waals surface area contributed by atoms with Crippen molar-refractivity contribution in [3.8, 4) is 33.9 Å². The number of hydrogen-bond donors (Lipinski definition) is 0. The van der Waals surface area contributed by atoms with Gasteiger partial charge in [0.15, 0.2) is 0 Å². The summed E-state index contributed by atoms with van der Waals surface area (Å²) in [6.45, 7) is 0.660. The van der Waals surface area contributed by atoms with E-state index in [1.807, 2.05) is 44.3 Å². The molecule has 6 aromatic rings. The SMILES string of the molecule is Fc1ccc(-c2nc3occn3c2-c2c(-c3ccc(F)cc3)nc3oc(N4C=CC=CC4)cn23)cc1. The Bertz CT molecular complexity index is 1790. The number of allylic oxidation sites excluding steroid dienone is 2. The first-order valence-electron chi connectivity index (χ1n) is 11.3. The fraction of sp³-hybridized carbons (Fsp3) is 0.0370. The van der Waals surface area contributed by atoms with Crippen LogP contribution in [0.2, 0.25) is 0 Å². The molecule has 0 saturated heterocycles. The van der Waals surface area contributed by atoms with E-state index in [1.165, 1.54) is 24.3 Å². The zero-order valence-corrected chi connectivity index (χ0v) is 18.7. The van der Waals surface area contributed by atoms with E-state index < -0.39 is 0 Å². The number of aromatic nitrogens is 4. The highest BCUT2D eigenvalue weighted by Gasteiger charge is 2.27. The van der Waals surface area contributed by atoms with E-state index in [2.05, 4.69) is 0 Å². The summed E-state index contributed by atoms with van der Waals surface area (Å²) in [5.74, 6) is 0.665. The van der Waals surface area contributed by atoms with Crippen molar-refractivity contribution in [2.45, 2.75) is 0 Å². The number of hydrogen-bond acceptors (Lipinski definition) is 5. The topological polar surface area (TPSA) is 64.1 Å². The van der Waals surface area contributed by atoms with Crippen LogP contribution in [0.15, 0.2) is 100 Å². The predicted octanol–water partition coefficient (Wildman–Crippen LogP) is 6.34. The third kappa shape index (κ3) is 3.17. The van der Waals surface area contributed by atoms with E-state index in [1.54, 1.807) is 36.7 Å². The van der Waals surface area contributed by atoms with Gasteiger partial charge in [0, 0.05) is 30.1 Å². The number of benzene rings is 2. The molecule has 176 valence electrons. The van der Waals surface area contributed by atoms with Gasteiger partial charge in [-0.15, -0.1) is 0 Å². The van der Waals surface area contributed by atoms with E-state index in [-0.39, 0.29) is 11.6 Å². The van der Waals surface area contributed by atoms with Crippen LogP contribution in [-0.2, 0) is 0 Å². The lowest BCUT2D eigenvalue weighted by Crippen LogP contribution is -2.16. The first-order chi connectivity index (χ1) is 17.7. The average molecular weight is 481 g/mol. The van der Waals surface area contributed by atoms with Gasteiger partial charge in [-0.05, 0) is 54.6 Å². The Labute approximate surface area is 202 Å².